The van der Waals surface area contributed by atoms with Crippen molar-refractivity contribution in [2.24, 2.45) is 0 Å². The van der Waals surface area contributed by atoms with Gasteiger partial charge in [-0.2, -0.15) is 0 Å². The minimum atomic E-state index is 1.00. The van der Waals surface area contributed by atoms with Crippen LogP contribution in [0.1, 0.15) is 0 Å². The van der Waals surface area contributed by atoms with E-state index in [2.05, 4.69) is 234 Å². The summed E-state index contributed by atoms with van der Waals surface area (Å²) in [4.78, 5) is 5.42. The fourth-order valence-corrected chi connectivity index (χ4v) is 10.8. The molecule has 3 heterocycles. The molecule has 14 aromatic rings. The lowest BCUT2D eigenvalue weighted by Crippen LogP contribution is -1.95. The summed E-state index contributed by atoms with van der Waals surface area (Å²) >= 11 is 0. The SMILES string of the molecule is c1ccc2c(-n3c4ccccc4c4cc(-c5ccc6c(c5)c5ccccc5n6-c5ccc(-c6nc7ccccc7c7c8ccccc8c8ccccc8c67)cc5)ccc43)cccc2c1. The fraction of sp³-hybridized carbons (Fsp3) is 0. The molecule has 0 amide bonds. The molecular formula is C61H37N3. The van der Waals surface area contributed by atoms with Gasteiger partial charge in [-0.3, -0.25) is 0 Å². The number of nitrogens with zero attached hydrogens (tertiary/aromatic N) is 3. The third-order valence-electron chi connectivity index (χ3n) is 13.7. The Hall–Kier alpha value is -8.53. The number of benzene rings is 11. The highest BCUT2D eigenvalue weighted by molar-refractivity contribution is 6.33. The van der Waals surface area contributed by atoms with Crippen LogP contribution in [0.2, 0.25) is 0 Å². The molecule has 0 aliphatic carbocycles. The van der Waals surface area contributed by atoms with Gasteiger partial charge in [0, 0.05) is 54.3 Å². The second-order valence-electron chi connectivity index (χ2n) is 17.0. The van der Waals surface area contributed by atoms with Crippen molar-refractivity contribution in [2.75, 3.05) is 0 Å². The van der Waals surface area contributed by atoms with E-state index in [1.807, 2.05) is 0 Å². The molecule has 0 N–H and O–H groups in total. The largest absolute Gasteiger partial charge is 0.309 e. The number of hydrogen-bond acceptors (Lipinski definition) is 1. The Balaban J connectivity index is 0.918. The molecule has 0 unspecified atom stereocenters. The third kappa shape index (κ3) is 5.01. The highest BCUT2D eigenvalue weighted by Crippen LogP contribution is 2.44. The topological polar surface area (TPSA) is 22.8 Å². The minimum Gasteiger partial charge on any atom is -0.309 e. The highest BCUT2D eigenvalue weighted by Gasteiger charge is 2.20. The van der Waals surface area contributed by atoms with Crippen molar-refractivity contribution in [1.29, 1.82) is 0 Å². The number of pyridine rings is 1. The number of para-hydroxylation sites is 3. The van der Waals surface area contributed by atoms with Crippen molar-refractivity contribution in [2.45, 2.75) is 0 Å². The van der Waals surface area contributed by atoms with Crippen LogP contribution < -0.4 is 0 Å². The average molecular weight is 812 g/mol. The lowest BCUT2D eigenvalue weighted by molar-refractivity contribution is 1.18. The number of rotatable bonds is 4. The summed E-state index contributed by atoms with van der Waals surface area (Å²) in [5.74, 6) is 0. The molecule has 0 atom stereocenters. The summed E-state index contributed by atoms with van der Waals surface area (Å²) in [7, 11) is 0. The second kappa shape index (κ2) is 13.5. The van der Waals surface area contributed by atoms with Crippen LogP contribution in [0.3, 0.4) is 0 Å². The van der Waals surface area contributed by atoms with Crippen LogP contribution in [-0.2, 0) is 0 Å². The van der Waals surface area contributed by atoms with Gasteiger partial charge in [-0.1, -0.05) is 164 Å². The molecule has 0 saturated heterocycles. The second-order valence-corrected chi connectivity index (χ2v) is 17.0. The summed E-state index contributed by atoms with van der Waals surface area (Å²) in [6, 6.07) is 82.1. The molecule has 0 aliphatic heterocycles. The zero-order chi connectivity index (χ0) is 41.9. The first-order valence-corrected chi connectivity index (χ1v) is 22.0. The zero-order valence-corrected chi connectivity index (χ0v) is 34.7. The van der Waals surface area contributed by atoms with Gasteiger partial charge in [0.1, 0.15) is 0 Å². The quantitative estimate of drug-likeness (QED) is 0.162. The van der Waals surface area contributed by atoms with Crippen LogP contribution in [0.5, 0.6) is 0 Å². The van der Waals surface area contributed by atoms with Crippen LogP contribution in [0.25, 0.3) is 131 Å². The number of fused-ring (bicyclic) bond motifs is 15. The Labute approximate surface area is 368 Å². The molecule has 3 heteroatoms. The standard InChI is InChI=1S/C61H37N3/c1-2-16-43-38(14-1)15-13-27-54(43)64-56-26-12-9-20-47(56)52-37-41(31-35-58(52)64)40-30-34-57-51(36-40)46-19-8-11-25-55(46)63(57)42-32-28-39(29-33-42)61-60-49-22-6-4-18-45(49)44-17-3-5-21-48(44)59(60)50-23-7-10-24-53(50)62-61/h1-37H. The summed E-state index contributed by atoms with van der Waals surface area (Å²) in [6.45, 7) is 0. The first-order chi connectivity index (χ1) is 31.8. The minimum absolute atomic E-state index is 1.00. The first kappa shape index (κ1) is 35.1. The molecule has 64 heavy (non-hydrogen) atoms. The molecule has 14 rings (SSSR count). The van der Waals surface area contributed by atoms with Crippen molar-refractivity contribution in [3.05, 3.63) is 224 Å². The Kier molecular flexibility index (Phi) is 7.40. The van der Waals surface area contributed by atoms with Crippen LogP contribution in [-0.4, -0.2) is 14.1 Å². The predicted molar refractivity (Wildman–Crippen MR) is 271 cm³/mol. The molecule has 3 nitrogen and oxygen atoms in total. The van der Waals surface area contributed by atoms with Gasteiger partial charge in [0.05, 0.1) is 39.0 Å². The summed E-state index contributed by atoms with van der Waals surface area (Å²) in [6.07, 6.45) is 0. The molecule has 0 bridgehead atoms. The normalized spacial score (nSPS) is 12.1. The van der Waals surface area contributed by atoms with Crippen LogP contribution in [0.4, 0.5) is 0 Å². The van der Waals surface area contributed by atoms with E-state index in [9.17, 15) is 0 Å². The van der Waals surface area contributed by atoms with E-state index >= 15 is 0 Å². The monoisotopic (exact) mass is 811 g/mol. The van der Waals surface area contributed by atoms with Crippen molar-refractivity contribution < 1.29 is 0 Å². The lowest BCUT2D eigenvalue weighted by atomic mass is 9.90. The smallest absolute Gasteiger partial charge is 0.0794 e. The van der Waals surface area contributed by atoms with Crippen molar-refractivity contribution in [1.82, 2.24) is 14.1 Å². The Bertz CT molecular complexity index is 4240. The predicted octanol–water partition coefficient (Wildman–Crippen LogP) is 16.4. The van der Waals surface area contributed by atoms with E-state index in [4.69, 9.17) is 4.98 Å². The van der Waals surface area contributed by atoms with E-state index in [1.54, 1.807) is 0 Å². The van der Waals surface area contributed by atoms with Crippen LogP contribution in [0, 0.1) is 0 Å². The van der Waals surface area contributed by atoms with Gasteiger partial charge in [0.25, 0.3) is 0 Å². The van der Waals surface area contributed by atoms with E-state index in [0.29, 0.717) is 0 Å². The Morgan fingerprint density at radius 1 is 0.281 bits per heavy atom. The summed E-state index contributed by atoms with van der Waals surface area (Å²) in [5, 5.41) is 16.1. The summed E-state index contributed by atoms with van der Waals surface area (Å²) < 4.78 is 4.84. The molecule has 3 aromatic heterocycles. The molecule has 0 aliphatic rings. The maximum atomic E-state index is 5.42. The lowest BCUT2D eigenvalue weighted by Gasteiger charge is -2.16. The Morgan fingerprint density at radius 2 is 0.750 bits per heavy atom. The van der Waals surface area contributed by atoms with Crippen LogP contribution >= 0.6 is 0 Å². The molecule has 0 radical (unpaired) electrons. The molecule has 0 spiro atoms. The summed E-state index contributed by atoms with van der Waals surface area (Å²) in [5.41, 5.74) is 12.6. The zero-order valence-electron chi connectivity index (χ0n) is 34.7. The van der Waals surface area contributed by atoms with Gasteiger partial charge >= 0.3 is 0 Å². The van der Waals surface area contributed by atoms with Gasteiger partial charge < -0.3 is 9.13 Å². The van der Waals surface area contributed by atoms with Gasteiger partial charge in [0.2, 0.25) is 0 Å². The third-order valence-corrected chi connectivity index (χ3v) is 13.7. The highest BCUT2D eigenvalue weighted by atomic mass is 15.0. The molecule has 11 aromatic carbocycles. The van der Waals surface area contributed by atoms with E-state index in [1.165, 1.54) is 109 Å². The van der Waals surface area contributed by atoms with Crippen molar-refractivity contribution in [3.63, 3.8) is 0 Å². The molecule has 296 valence electrons. The van der Waals surface area contributed by atoms with Crippen molar-refractivity contribution in [3.8, 4) is 33.8 Å². The van der Waals surface area contributed by atoms with Gasteiger partial charge in [0.15, 0.2) is 0 Å². The molecule has 0 saturated carbocycles. The maximum Gasteiger partial charge on any atom is 0.0794 e. The van der Waals surface area contributed by atoms with E-state index < -0.39 is 0 Å². The van der Waals surface area contributed by atoms with E-state index in [0.717, 1.165) is 22.5 Å². The number of aromatic nitrogens is 3. The molecule has 0 fully saturated rings. The van der Waals surface area contributed by atoms with E-state index in [-0.39, 0.29) is 0 Å². The average Bonchev–Trinajstić information content (AvgIpc) is 3.88. The van der Waals surface area contributed by atoms with Gasteiger partial charge in [-0.15, -0.1) is 0 Å². The fourth-order valence-electron chi connectivity index (χ4n) is 10.8. The maximum absolute atomic E-state index is 5.42. The van der Waals surface area contributed by atoms with Crippen molar-refractivity contribution >= 4 is 97.6 Å². The van der Waals surface area contributed by atoms with Crippen LogP contribution in [0.15, 0.2) is 224 Å². The van der Waals surface area contributed by atoms with Gasteiger partial charge in [-0.05, 0) is 98.7 Å². The Morgan fingerprint density at radius 3 is 1.42 bits per heavy atom. The first-order valence-electron chi connectivity index (χ1n) is 22.0. The number of hydrogen-bond donors (Lipinski definition) is 0. The van der Waals surface area contributed by atoms with Gasteiger partial charge in [-0.25, -0.2) is 4.98 Å². The molecular weight excluding hydrogens is 775 g/mol.